The Bertz CT molecular complexity index is 535. The number of rotatable bonds is 3. The highest BCUT2D eigenvalue weighted by Crippen LogP contribution is 2.19. The number of benzene rings is 1. The molecule has 0 aliphatic heterocycles. The fraction of sp³-hybridized carbons (Fsp3) is 0.214. The lowest BCUT2D eigenvalue weighted by Gasteiger charge is -2.14. The van der Waals surface area contributed by atoms with Crippen molar-refractivity contribution in [2.75, 3.05) is 0 Å². The summed E-state index contributed by atoms with van der Waals surface area (Å²) in [5, 5.41) is 0. The Morgan fingerprint density at radius 2 is 1.89 bits per heavy atom. The minimum Gasteiger partial charge on any atom is -0.324 e. The monoisotopic (exact) mass is 248 g/mol. The summed E-state index contributed by atoms with van der Waals surface area (Å²) in [6.45, 7) is 1.91. The molecule has 1 heterocycles. The predicted molar refractivity (Wildman–Crippen MR) is 66.0 cm³/mol. The minimum atomic E-state index is -0.580. The summed E-state index contributed by atoms with van der Waals surface area (Å²) < 4.78 is 26.1. The van der Waals surface area contributed by atoms with Gasteiger partial charge in [-0.1, -0.05) is 0 Å². The lowest BCUT2D eigenvalue weighted by Crippen LogP contribution is -2.15. The van der Waals surface area contributed by atoms with Crippen molar-refractivity contribution in [3.8, 4) is 0 Å². The number of aryl methyl sites for hydroxylation is 1. The second kappa shape index (κ2) is 5.23. The Morgan fingerprint density at radius 3 is 2.50 bits per heavy atom. The predicted octanol–water partition coefficient (Wildman–Crippen LogP) is 2.91. The van der Waals surface area contributed by atoms with E-state index in [4.69, 9.17) is 5.73 Å². The molecule has 0 bridgehead atoms. The molecule has 0 radical (unpaired) electrons. The molecule has 1 unspecified atom stereocenters. The zero-order valence-corrected chi connectivity index (χ0v) is 10.0. The first-order valence-electron chi connectivity index (χ1n) is 5.67. The molecule has 0 aliphatic carbocycles. The lowest BCUT2D eigenvalue weighted by atomic mass is 9.97. The molecular weight excluding hydrogens is 234 g/mol. The van der Waals surface area contributed by atoms with Crippen LogP contribution in [0.15, 0.2) is 36.7 Å². The Hall–Kier alpha value is -1.81. The van der Waals surface area contributed by atoms with Gasteiger partial charge in [0.15, 0.2) is 0 Å². The molecule has 1 aromatic heterocycles. The molecule has 1 atom stereocenters. The van der Waals surface area contributed by atoms with Gasteiger partial charge in [0.05, 0.1) is 0 Å². The maximum absolute atomic E-state index is 13.1. The average molecular weight is 248 g/mol. The first kappa shape index (κ1) is 12.6. The SMILES string of the molecule is Cc1cnccc1C(N)Cc1cc(F)cc(F)c1. The second-order valence-corrected chi connectivity index (χ2v) is 4.32. The Morgan fingerprint density at radius 1 is 1.22 bits per heavy atom. The third-order valence-electron chi connectivity index (χ3n) is 2.84. The van der Waals surface area contributed by atoms with Gasteiger partial charge in [0.1, 0.15) is 11.6 Å². The summed E-state index contributed by atoms with van der Waals surface area (Å²) in [6, 6.07) is 5.00. The van der Waals surface area contributed by atoms with E-state index >= 15 is 0 Å². The van der Waals surface area contributed by atoms with E-state index in [1.54, 1.807) is 12.4 Å². The normalized spacial score (nSPS) is 12.4. The van der Waals surface area contributed by atoms with Gasteiger partial charge < -0.3 is 5.73 Å². The number of aromatic nitrogens is 1. The van der Waals surface area contributed by atoms with E-state index in [1.807, 2.05) is 13.0 Å². The molecule has 4 heteroatoms. The summed E-state index contributed by atoms with van der Waals surface area (Å²) in [4.78, 5) is 3.99. The molecule has 2 nitrogen and oxygen atoms in total. The summed E-state index contributed by atoms with van der Waals surface area (Å²) in [7, 11) is 0. The van der Waals surface area contributed by atoms with Crippen molar-refractivity contribution in [2.45, 2.75) is 19.4 Å². The number of nitrogens with zero attached hydrogens (tertiary/aromatic N) is 1. The van der Waals surface area contributed by atoms with Gasteiger partial charge in [0, 0.05) is 24.5 Å². The number of hydrogen-bond donors (Lipinski definition) is 1. The maximum Gasteiger partial charge on any atom is 0.126 e. The van der Waals surface area contributed by atoms with E-state index in [0.29, 0.717) is 12.0 Å². The number of nitrogens with two attached hydrogens (primary N) is 1. The fourth-order valence-corrected chi connectivity index (χ4v) is 1.99. The summed E-state index contributed by atoms with van der Waals surface area (Å²) in [5.41, 5.74) is 8.52. The highest BCUT2D eigenvalue weighted by molar-refractivity contribution is 5.28. The first-order chi connectivity index (χ1) is 8.56. The van der Waals surface area contributed by atoms with Crippen LogP contribution in [-0.2, 0) is 6.42 Å². The van der Waals surface area contributed by atoms with E-state index in [1.165, 1.54) is 12.1 Å². The first-order valence-corrected chi connectivity index (χ1v) is 5.67. The van der Waals surface area contributed by atoms with Gasteiger partial charge in [0.2, 0.25) is 0 Å². The van der Waals surface area contributed by atoms with Gasteiger partial charge >= 0.3 is 0 Å². The molecule has 0 amide bonds. The highest BCUT2D eigenvalue weighted by Gasteiger charge is 2.11. The molecule has 2 N–H and O–H groups in total. The second-order valence-electron chi connectivity index (χ2n) is 4.32. The number of pyridine rings is 1. The standard InChI is InChI=1S/C14H14F2N2/c1-9-8-18-3-2-13(9)14(17)6-10-4-11(15)7-12(16)5-10/h2-5,7-8,14H,6,17H2,1H3. The zero-order chi connectivity index (χ0) is 13.1. The smallest absolute Gasteiger partial charge is 0.126 e. The molecule has 94 valence electrons. The molecule has 0 saturated heterocycles. The number of halogens is 2. The van der Waals surface area contributed by atoms with Crippen molar-refractivity contribution in [1.82, 2.24) is 4.98 Å². The average Bonchev–Trinajstić information content (AvgIpc) is 2.27. The van der Waals surface area contributed by atoms with Crippen LogP contribution in [0.2, 0.25) is 0 Å². The van der Waals surface area contributed by atoms with E-state index in [2.05, 4.69) is 4.98 Å². The summed E-state index contributed by atoms with van der Waals surface area (Å²) in [6.07, 6.45) is 3.77. The fourth-order valence-electron chi connectivity index (χ4n) is 1.99. The third kappa shape index (κ3) is 2.90. The van der Waals surface area contributed by atoms with Gasteiger partial charge in [0.25, 0.3) is 0 Å². The van der Waals surface area contributed by atoms with Crippen molar-refractivity contribution in [2.24, 2.45) is 5.73 Å². The molecule has 0 spiro atoms. The Labute approximate surface area is 104 Å². The molecule has 2 aromatic rings. The largest absolute Gasteiger partial charge is 0.324 e. The van der Waals surface area contributed by atoms with Gasteiger partial charge in [-0.25, -0.2) is 8.78 Å². The van der Waals surface area contributed by atoms with Crippen LogP contribution in [0.4, 0.5) is 8.78 Å². The molecule has 2 rings (SSSR count). The number of hydrogen-bond acceptors (Lipinski definition) is 2. The molecule has 1 aromatic carbocycles. The van der Waals surface area contributed by atoms with Crippen LogP contribution in [0.1, 0.15) is 22.7 Å². The zero-order valence-electron chi connectivity index (χ0n) is 10.0. The topological polar surface area (TPSA) is 38.9 Å². The van der Waals surface area contributed by atoms with Crippen molar-refractivity contribution in [3.63, 3.8) is 0 Å². The maximum atomic E-state index is 13.1. The van der Waals surface area contributed by atoms with Crippen LogP contribution in [-0.4, -0.2) is 4.98 Å². The van der Waals surface area contributed by atoms with Crippen molar-refractivity contribution in [1.29, 1.82) is 0 Å². The van der Waals surface area contributed by atoms with E-state index in [0.717, 1.165) is 17.2 Å². The summed E-state index contributed by atoms with van der Waals surface area (Å²) in [5.74, 6) is -1.16. The van der Waals surface area contributed by atoms with Crippen LogP contribution in [0.25, 0.3) is 0 Å². The van der Waals surface area contributed by atoms with Crippen LogP contribution in [0.3, 0.4) is 0 Å². The Balaban J connectivity index is 2.21. The third-order valence-corrected chi connectivity index (χ3v) is 2.84. The van der Waals surface area contributed by atoms with Crippen LogP contribution >= 0.6 is 0 Å². The van der Waals surface area contributed by atoms with Crippen LogP contribution < -0.4 is 5.73 Å². The quantitative estimate of drug-likeness (QED) is 0.907. The van der Waals surface area contributed by atoms with Crippen molar-refractivity contribution >= 4 is 0 Å². The van der Waals surface area contributed by atoms with E-state index in [9.17, 15) is 8.78 Å². The lowest BCUT2D eigenvalue weighted by molar-refractivity contribution is 0.576. The Kier molecular flexibility index (Phi) is 3.67. The minimum absolute atomic E-state index is 0.297. The van der Waals surface area contributed by atoms with Gasteiger partial charge in [-0.15, -0.1) is 0 Å². The highest BCUT2D eigenvalue weighted by atomic mass is 19.1. The molecule has 0 fully saturated rings. The van der Waals surface area contributed by atoms with Gasteiger partial charge in [-0.2, -0.15) is 0 Å². The van der Waals surface area contributed by atoms with Gasteiger partial charge in [-0.3, -0.25) is 4.98 Å². The van der Waals surface area contributed by atoms with Crippen LogP contribution in [0, 0.1) is 18.6 Å². The van der Waals surface area contributed by atoms with E-state index in [-0.39, 0.29) is 6.04 Å². The van der Waals surface area contributed by atoms with E-state index < -0.39 is 11.6 Å². The van der Waals surface area contributed by atoms with Crippen LogP contribution in [0.5, 0.6) is 0 Å². The molecular formula is C14H14F2N2. The molecule has 0 saturated carbocycles. The van der Waals surface area contributed by atoms with Crippen molar-refractivity contribution in [3.05, 3.63) is 65.0 Å². The summed E-state index contributed by atoms with van der Waals surface area (Å²) >= 11 is 0. The molecule has 18 heavy (non-hydrogen) atoms. The van der Waals surface area contributed by atoms with Crippen molar-refractivity contribution < 1.29 is 8.78 Å². The molecule has 0 aliphatic rings. The van der Waals surface area contributed by atoms with Gasteiger partial charge in [-0.05, 0) is 48.2 Å².